The SMILES string of the molecule is CC1CCC(CCC2CC23CCC(C2CCCC2)CC3)CC1. The first-order valence-corrected chi connectivity index (χ1v) is 10.8. The van der Waals surface area contributed by atoms with Crippen molar-refractivity contribution in [2.24, 2.45) is 35.0 Å². The third-order valence-electron chi connectivity index (χ3n) is 8.51. The lowest BCUT2D eigenvalue weighted by atomic mass is 9.72. The van der Waals surface area contributed by atoms with E-state index in [9.17, 15) is 0 Å². The summed E-state index contributed by atoms with van der Waals surface area (Å²) in [4.78, 5) is 0. The zero-order valence-corrected chi connectivity index (χ0v) is 15.0. The zero-order valence-electron chi connectivity index (χ0n) is 15.0. The molecule has 0 aromatic rings. The van der Waals surface area contributed by atoms with Gasteiger partial charge in [-0.25, -0.2) is 0 Å². The zero-order chi connectivity index (χ0) is 15.0. The highest BCUT2D eigenvalue weighted by atomic mass is 14.6. The van der Waals surface area contributed by atoms with Crippen molar-refractivity contribution in [2.75, 3.05) is 0 Å². The van der Waals surface area contributed by atoms with Crippen molar-refractivity contribution in [3.8, 4) is 0 Å². The summed E-state index contributed by atoms with van der Waals surface area (Å²) in [5.74, 6) is 5.54. The van der Waals surface area contributed by atoms with Crippen LogP contribution in [0.2, 0.25) is 0 Å². The van der Waals surface area contributed by atoms with Crippen LogP contribution in [-0.2, 0) is 0 Å². The highest BCUT2D eigenvalue weighted by Gasteiger charge is 2.54. The summed E-state index contributed by atoms with van der Waals surface area (Å²) < 4.78 is 0. The molecular formula is C22H38. The second-order valence-electron chi connectivity index (χ2n) is 9.85. The molecule has 0 heterocycles. The van der Waals surface area contributed by atoms with Gasteiger partial charge in [-0.3, -0.25) is 0 Å². The molecule has 0 bridgehead atoms. The minimum Gasteiger partial charge on any atom is -0.0625 e. The van der Waals surface area contributed by atoms with E-state index in [-0.39, 0.29) is 0 Å². The largest absolute Gasteiger partial charge is 0.0625 e. The van der Waals surface area contributed by atoms with Gasteiger partial charge in [0.05, 0.1) is 0 Å². The molecule has 1 unspecified atom stereocenters. The Labute approximate surface area is 138 Å². The van der Waals surface area contributed by atoms with Gasteiger partial charge in [-0.1, -0.05) is 64.7 Å². The molecule has 0 saturated heterocycles. The molecule has 4 aliphatic rings. The summed E-state index contributed by atoms with van der Waals surface area (Å²) in [5, 5.41) is 0. The highest BCUT2D eigenvalue weighted by molar-refractivity contribution is 5.04. The Kier molecular flexibility index (Phi) is 4.57. The van der Waals surface area contributed by atoms with E-state index in [1.54, 1.807) is 70.6 Å². The van der Waals surface area contributed by atoms with Gasteiger partial charge in [-0.15, -0.1) is 0 Å². The molecule has 4 saturated carbocycles. The minimum absolute atomic E-state index is 0.872. The second kappa shape index (κ2) is 6.48. The Morgan fingerprint density at radius 1 is 0.727 bits per heavy atom. The molecule has 4 aliphatic carbocycles. The molecule has 0 aliphatic heterocycles. The fraction of sp³-hybridized carbons (Fsp3) is 1.00. The topological polar surface area (TPSA) is 0 Å². The van der Waals surface area contributed by atoms with E-state index < -0.39 is 0 Å². The first-order valence-electron chi connectivity index (χ1n) is 10.8. The summed E-state index contributed by atoms with van der Waals surface area (Å²) in [7, 11) is 0. The number of hydrogen-bond acceptors (Lipinski definition) is 0. The summed E-state index contributed by atoms with van der Waals surface area (Å²) >= 11 is 0. The van der Waals surface area contributed by atoms with Crippen molar-refractivity contribution >= 4 is 0 Å². The van der Waals surface area contributed by atoms with Crippen LogP contribution in [0.15, 0.2) is 0 Å². The van der Waals surface area contributed by atoms with E-state index in [1.165, 1.54) is 25.7 Å². The van der Waals surface area contributed by atoms with Crippen molar-refractivity contribution < 1.29 is 0 Å². The molecule has 4 fully saturated rings. The monoisotopic (exact) mass is 302 g/mol. The maximum absolute atomic E-state index is 2.45. The van der Waals surface area contributed by atoms with Gasteiger partial charge in [0.2, 0.25) is 0 Å². The van der Waals surface area contributed by atoms with Crippen LogP contribution in [0.3, 0.4) is 0 Å². The predicted molar refractivity (Wildman–Crippen MR) is 94.8 cm³/mol. The van der Waals surface area contributed by atoms with Crippen LogP contribution < -0.4 is 0 Å². The van der Waals surface area contributed by atoms with Crippen molar-refractivity contribution in [2.45, 2.75) is 103 Å². The Bertz CT molecular complexity index is 348. The lowest BCUT2D eigenvalue weighted by molar-refractivity contribution is 0.178. The Balaban J connectivity index is 1.18. The summed E-state index contributed by atoms with van der Waals surface area (Å²) in [6.45, 7) is 2.45. The van der Waals surface area contributed by atoms with Crippen LogP contribution in [0.1, 0.15) is 103 Å². The van der Waals surface area contributed by atoms with Crippen molar-refractivity contribution in [1.82, 2.24) is 0 Å². The van der Waals surface area contributed by atoms with E-state index in [0.717, 1.165) is 35.0 Å². The summed E-state index contributed by atoms with van der Waals surface area (Å²) in [6.07, 6.45) is 23.5. The first kappa shape index (κ1) is 15.5. The van der Waals surface area contributed by atoms with Gasteiger partial charge in [0.25, 0.3) is 0 Å². The van der Waals surface area contributed by atoms with Crippen molar-refractivity contribution in [1.29, 1.82) is 0 Å². The van der Waals surface area contributed by atoms with Crippen LogP contribution in [0.5, 0.6) is 0 Å². The molecule has 0 heteroatoms. The maximum Gasteiger partial charge on any atom is -0.0266 e. The molecule has 0 N–H and O–H groups in total. The van der Waals surface area contributed by atoms with E-state index in [0.29, 0.717) is 0 Å². The molecule has 126 valence electrons. The number of rotatable bonds is 4. The van der Waals surface area contributed by atoms with Crippen LogP contribution in [0.25, 0.3) is 0 Å². The summed E-state index contributed by atoms with van der Waals surface area (Å²) in [6, 6.07) is 0. The predicted octanol–water partition coefficient (Wildman–Crippen LogP) is 6.98. The smallest absolute Gasteiger partial charge is 0.0266 e. The molecule has 0 aromatic carbocycles. The van der Waals surface area contributed by atoms with Gasteiger partial charge in [0, 0.05) is 0 Å². The van der Waals surface area contributed by atoms with E-state index >= 15 is 0 Å². The van der Waals surface area contributed by atoms with E-state index in [4.69, 9.17) is 0 Å². The van der Waals surface area contributed by atoms with Crippen LogP contribution in [-0.4, -0.2) is 0 Å². The lowest BCUT2D eigenvalue weighted by Gasteiger charge is -2.33. The molecule has 0 amide bonds. The molecular weight excluding hydrogens is 264 g/mol. The molecule has 4 rings (SSSR count). The lowest BCUT2D eigenvalue weighted by Crippen LogP contribution is -2.22. The minimum atomic E-state index is 0.872. The van der Waals surface area contributed by atoms with Crippen molar-refractivity contribution in [3.05, 3.63) is 0 Å². The quantitative estimate of drug-likeness (QED) is 0.525. The Morgan fingerprint density at radius 2 is 1.36 bits per heavy atom. The normalized spacial score (nSPS) is 46.2. The van der Waals surface area contributed by atoms with Gasteiger partial charge in [-0.2, -0.15) is 0 Å². The molecule has 0 aromatic heterocycles. The average Bonchev–Trinajstić information content (AvgIpc) is 2.97. The second-order valence-corrected chi connectivity index (χ2v) is 9.85. The van der Waals surface area contributed by atoms with Gasteiger partial charge < -0.3 is 0 Å². The maximum atomic E-state index is 2.45. The van der Waals surface area contributed by atoms with Gasteiger partial charge in [-0.05, 0) is 73.5 Å². The van der Waals surface area contributed by atoms with Gasteiger partial charge >= 0.3 is 0 Å². The van der Waals surface area contributed by atoms with Crippen LogP contribution in [0.4, 0.5) is 0 Å². The van der Waals surface area contributed by atoms with Crippen molar-refractivity contribution in [3.63, 3.8) is 0 Å². The Hall–Kier alpha value is 0. The number of hydrogen-bond donors (Lipinski definition) is 0. The Morgan fingerprint density at radius 3 is 2.05 bits per heavy atom. The molecule has 0 radical (unpaired) electrons. The third-order valence-corrected chi connectivity index (χ3v) is 8.51. The van der Waals surface area contributed by atoms with E-state index in [1.807, 2.05) is 0 Å². The fourth-order valence-electron chi connectivity index (χ4n) is 6.62. The fourth-order valence-corrected chi connectivity index (χ4v) is 6.62. The van der Waals surface area contributed by atoms with Crippen LogP contribution in [0, 0.1) is 35.0 Å². The van der Waals surface area contributed by atoms with Gasteiger partial charge in [0.15, 0.2) is 0 Å². The van der Waals surface area contributed by atoms with E-state index in [2.05, 4.69) is 6.92 Å². The van der Waals surface area contributed by atoms with Crippen LogP contribution >= 0.6 is 0 Å². The standard InChI is InChI=1S/C22H38/c1-17-6-8-18(9-7-17)10-11-21-16-22(21)14-12-20(13-15-22)19-4-2-3-5-19/h17-21H,2-16H2,1H3. The highest BCUT2D eigenvalue weighted by Crippen LogP contribution is 2.65. The molecule has 1 atom stereocenters. The third kappa shape index (κ3) is 3.27. The average molecular weight is 303 g/mol. The molecule has 1 spiro atoms. The molecule has 22 heavy (non-hydrogen) atoms. The summed E-state index contributed by atoms with van der Waals surface area (Å²) in [5.41, 5.74) is 0.872. The van der Waals surface area contributed by atoms with Gasteiger partial charge in [0.1, 0.15) is 0 Å². The first-order chi connectivity index (χ1) is 10.8. The molecule has 0 nitrogen and oxygen atoms in total.